The van der Waals surface area contributed by atoms with Crippen molar-refractivity contribution < 1.29 is 14.6 Å². The van der Waals surface area contributed by atoms with Crippen LogP contribution >= 0.6 is 23.2 Å². The van der Waals surface area contributed by atoms with Crippen LogP contribution in [0.4, 0.5) is 5.82 Å². The number of β-amino-alcohol motifs (C(OH)–C–C–N with tert-alkyl or cyclic N) is 1. The first-order chi connectivity index (χ1) is 17.4. The fourth-order valence-corrected chi connectivity index (χ4v) is 4.13. The molecule has 1 atom stereocenters. The molecular weight excluding hydrogens is 507 g/mol. The Morgan fingerprint density at radius 1 is 1.25 bits per heavy atom. The SMILES string of the molecule is N#Cc1cccc(Cl)c1-n1cc2c(O[C@@H](CN3CC(O)C3)C(=O)Nc3ccc(Cl)cn3)ncnc2n1. The van der Waals surface area contributed by atoms with Gasteiger partial charge in [0.25, 0.3) is 5.91 Å². The van der Waals surface area contributed by atoms with Crippen molar-refractivity contribution in [3.05, 3.63) is 64.7 Å². The van der Waals surface area contributed by atoms with Crippen molar-refractivity contribution in [2.75, 3.05) is 25.0 Å². The Hall–Kier alpha value is -3.82. The highest BCUT2D eigenvalue weighted by Gasteiger charge is 2.32. The Kier molecular flexibility index (Phi) is 6.67. The number of aliphatic hydroxyl groups excluding tert-OH is 1. The minimum Gasteiger partial charge on any atom is -0.462 e. The molecule has 0 bridgehead atoms. The number of ether oxygens (including phenoxy) is 1. The molecule has 13 heteroatoms. The summed E-state index contributed by atoms with van der Waals surface area (Å²) in [7, 11) is 0. The first kappa shape index (κ1) is 23.9. The van der Waals surface area contributed by atoms with Gasteiger partial charge in [-0.2, -0.15) is 5.26 Å². The molecule has 11 nitrogen and oxygen atoms in total. The Morgan fingerprint density at radius 3 is 2.81 bits per heavy atom. The molecule has 1 fully saturated rings. The Morgan fingerprint density at radius 2 is 2.08 bits per heavy atom. The maximum absolute atomic E-state index is 13.1. The van der Waals surface area contributed by atoms with Crippen LogP contribution in [-0.4, -0.2) is 72.5 Å². The average molecular weight is 525 g/mol. The molecule has 1 saturated heterocycles. The smallest absolute Gasteiger partial charge is 0.268 e. The van der Waals surface area contributed by atoms with E-state index in [4.69, 9.17) is 27.9 Å². The van der Waals surface area contributed by atoms with Gasteiger partial charge in [0.1, 0.15) is 29.3 Å². The van der Waals surface area contributed by atoms with Gasteiger partial charge in [-0.3, -0.25) is 9.69 Å². The minimum absolute atomic E-state index is 0.127. The highest BCUT2D eigenvalue weighted by atomic mass is 35.5. The number of anilines is 1. The second-order valence-electron chi connectivity index (χ2n) is 8.07. The number of amides is 1. The standard InChI is InChI=1S/C23H18Cl2N8O3/c24-14-4-5-19(27-7-14)30-22(35)18(11-32-8-15(34)9-32)36-23-16-10-33(31-21(16)28-12-29-23)20-13(6-26)2-1-3-17(20)25/h1-5,7,10,12,15,18,34H,8-9,11H2,(H,27,30,35)/t18-/m0/s1. The predicted octanol–water partition coefficient (Wildman–Crippen LogP) is 2.45. The number of fused-ring (bicyclic) bond motifs is 1. The number of carbonyl (C=O) groups is 1. The number of pyridine rings is 1. The number of rotatable bonds is 7. The van der Waals surface area contributed by atoms with E-state index in [-0.39, 0.29) is 12.4 Å². The molecule has 0 spiro atoms. The number of hydrogen-bond acceptors (Lipinski definition) is 9. The zero-order chi connectivity index (χ0) is 25.2. The van der Waals surface area contributed by atoms with Crippen molar-refractivity contribution in [2.24, 2.45) is 0 Å². The molecule has 4 aromatic rings. The largest absolute Gasteiger partial charge is 0.462 e. The second kappa shape index (κ2) is 10.0. The molecule has 1 aliphatic rings. The zero-order valence-electron chi connectivity index (χ0n) is 18.5. The molecule has 4 heterocycles. The summed E-state index contributed by atoms with van der Waals surface area (Å²) >= 11 is 12.2. The van der Waals surface area contributed by atoms with Crippen LogP contribution in [0.25, 0.3) is 16.7 Å². The number of nitriles is 1. The molecule has 2 N–H and O–H groups in total. The number of likely N-dealkylation sites (tertiary alicyclic amines) is 1. The van der Waals surface area contributed by atoms with E-state index in [1.807, 2.05) is 4.90 Å². The number of hydrogen-bond donors (Lipinski definition) is 2. The van der Waals surface area contributed by atoms with E-state index < -0.39 is 18.1 Å². The molecule has 3 aromatic heterocycles. The highest BCUT2D eigenvalue weighted by molar-refractivity contribution is 6.32. The summed E-state index contributed by atoms with van der Waals surface area (Å²) in [6.45, 7) is 1.05. The van der Waals surface area contributed by atoms with Gasteiger partial charge in [-0.15, -0.1) is 5.10 Å². The first-order valence-electron chi connectivity index (χ1n) is 10.8. The summed E-state index contributed by atoms with van der Waals surface area (Å²) in [5.41, 5.74) is 1.01. The van der Waals surface area contributed by atoms with Crippen LogP contribution in [0, 0.1) is 11.3 Å². The lowest BCUT2D eigenvalue weighted by molar-refractivity contribution is -0.125. The Labute approximate surface area is 214 Å². The molecule has 1 amide bonds. The first-order valence-corrected chi connectivity index (χ1v) is 11.6. The lowest BCUT2D eigenvalue weighted by atomic mass is 10.1. The minimum atomic E-state index is -0.994. The summed E-state index contributed by atoms with van der Waals surface area (Å²) < 4.78 is 7.51. The van der Waals surface area contributed by atoms with Crippen molar-refractivity contribution in [1.29, 1.82) is 5.26 Å². The number of nitrogens with one attached hydrogen (secondary N) is 1. The normalized spacial score (nSPS) is 14.7. The van der Waals surface area contributed by atoms with Crippen LogP contribution in [0.2, 0.25) is 10.0 Å². The summed E-state index contributed by atoms with van der Waals surface area (Å²) in [5, 5.41) is 27.5. The van der Waals surface area contributed by atoms with Gasteiger partial charge in [-0.1, -0.05) is 29.3 Å². The molecule has 0 saturated carbocycles. The van der Waals surface area contributed by atoms with Crippen LogP contribution in [0.15, 0.2) is 49.1 Å². The Bertz CT molecular complexity index is 1460. The number of aliphatic hydroxyl groups is 1. The van der Waals surface area contributed by atoms with E-state index >= 15 is 0 Å². The number of nitrogens with zero attached hydrogens (tertiary/aromatic N) is 7. The molecule has 1 aromatic carbocycles. The van der Waals surface area contributed by atoms with E-state index in [1.54, 1.807) is 36.5 Å². The van der Waals surface area contributed by atoms with Crippen LogP contribution in [-0.2, 0) is 4.79 Å². The lowest BCUT2D eigenvalue weighted by Gasteiger charge is -2.37. The molecule has 5 rings (SSSR count). The van der Waals surface area contributed by atoms with E-state index in [9.17, 15) is 15.2 Å². The summed E-state index contributed by atoms with van der Waals surface area (Å²) in [6, 6.07) is 10.2. The summed E-state index contributed by atoms with van der Waals surface area (Å²) in [5.74, 6) is -0.0182. The fraction of sp³-hybridized carbons (Fsp3) is 0.217. The van der Waals surface area contributed by atoms with Crippen molar-refractivity contribution in [3.63, 3.8) is 0 Å². The monoisotopic (exact) mass is 524 g/mol. The van der Waals surface area contributed by atoms with Gasteiger partial charge in [-0.25, -0.2) is 19.6 Å². The zero-order valence-corrected chi connectivity index (χ0v) is 20.1. The summed E-state index contributed by atoms with van der Waals surface area (Å²) in [4.78, 5) is 27.5. The third-order valence-corrected chi connectivity index (χ3v) is 6.03. The Balaban J connectivity index is 1.46. The van der Waals surface area contributed by atoms with Crippen molar-refractivity contribution in [1.82, 2.24) is 29.6 Å². The molecule has 36 heavy (non-hydrogen) atoms. The van der Waals surface area contributed by atoms with E-state index in [0.717, 1.165) is 0 Å². The molecule has 0 radical (unpaired) electrons. The van der Waals surface area contributed by atoms with Gasteiger partial charge in [-0.05, 0) is 24.3 Å². The molecule has 1 aliphatic heterocycles. The van der Waals surface area contributed by atoms with Crippen LogP contribution < -0.4 is 10.1 Å². The third-order valence-electron chi connectivity index (χ3n) is 5.50. The summed E-state index contributed by atoms with van der Waals surface area (Å²) in [6.07, 6.45) is 2.85. The maximum Gasteiger partial charge on any atom is 0.268 e. The molecule has 182 valence electrons. The lowest BCUT2D eigenvalue weighted by Crippen LogP contribution is -2.55. The molecule has 0 unspecified atom stereocenters. The average Bonchev–Trinajstić information content (AvgIpc) is 3.28. The highest BCUT2D eigenvalue weighted by Crippen LogP contribution is 2.28. The van der Waals surface area contributed by atoms with Crippen LogP contribution in [0.3, 0.4) is 0 Å². The number of benzene rings is 1. The number of para-hydroxylation sites is 1. The van der Waals surface area contributed by atoms with Crippen molar-refractivity contribution in [2.45, 2.75) is 12.2 Å². The van der Waals surface area contributed by atoms with E-state index in [0.29, 0.717) is 51.2 Å². The van der Waals surface area contributed by atoms with E-state index in [2.05, 4.69) is 31.4 Å². The molecular formula is C23H18Cl2N8O3. The predicted molar refractivity (Wildman–Crippen MR) is 131 cm³/mol. The van der Waals surface area contributed by atoms with Gasteiger partial charge in [0, 0.05) is 32.0 Å². The van der Waals surface area contributed by atoms with Gasteiger partial charge in [0.15, 0.2) is 11.8 Å². The number of aromatic nitrogens is 5. The number of halogens is 2. The second-order valence-corrected chi connectivity index (χ2v) is 8.91. The maximum atomic E-state index is 13.1. The van der Waals surface area contributed by atoms with E-state index in [1.165, 1.54) is 17.2 Å². The van der Waals surface area contributed by atoms with Gasteiger partial charge in [0.2, 0.25) is 5.88 Å². The number of carbonyl (C=O) groups excluding carboxylic acids is 1. The van der Waals surface area contributed by atoms with Crippen LogP contribution in [0.1, 0.15) is 5.56 Å². The van der Waals surface area contributed by atoms with Crippen molar-refractivity contribution in [3.8, 4) is 17.6 Å². The quantitative estimate of drug-likeness (QED) is 0.372. The molecule has 0 aliphatic carbocycles. The van der Waals surface area contributed by atoms with Gasteiger partial charge in [0.05, 0.1) is 21.7 Å². The third kappa shape index (κ3) is 4.93. The van der Waals surface area contributed by atoms with Gasteiger partial charge >= 0.3 is 0 Å². The fourth-order valence-electron chi connectivity index (χ4n) is 3.75. The van der Waals surface area contributed by atoms with Crippen LogP contribution in [0.5, 0.6) is 5.88 Å². The topological polar surface area (TPSA) is 142 Å². The van der Waals surface area contributed by atoms with Crippen molar-refractivity contribution >= 4 is 46.0 Å². The van der Waals surface area contributed by atoms with Gasteiger partial charge < -0.3 is 15.2 Å².